The summed E-state index contributed by atoms with van der Waals surface area (Å²) in [4.78, 5) is 0. The van der Waals surface area contributed by atoms with Gasteiger partial charge in [-0.1, -0.05) is 15.9 Å². The molecular formula is C13H13BrN2O. The summed E-state index contributed by atoms with van der Waals surface area (Å²) in [6, 6.07) is 8.11. The lowest BCUT2D eigenvalue weighted by atomic mass is 10.1. The second kappa shape index (κ2) is 4.80. The third-order valence-electron chi connectivity index (χ3n) is 2.93. The molecule has 0 saturated carbocycles. The Morgan fingerprint density at radius 3 is 2.76 bits per heavy atom. The zero-order valence-electron chi connectivity index (χ0n) is 9.83. The van der Waals surface area contributed by atoms with E-state index < -0.39 is 0 Å². The van der Waals surface area contributed by atoms with E-state index >= 15 is 0 Å². The van der Waals surface area contributed by atoms with Gasteiger partial charge in [0.25, 0.3) is 0 Å². The molecule has 0 fully saturated rings. The second-order valence-electron chi connectivity index (χ2n) is 3.69. The van der Waals surface area contributed by atoms with Crippen molar-refractivity contribution in [1.29, 1.82) is 5.26 Å². The highest BCUT2D eigenvalue weighted by Gasteiger charge is 2.15. The highest BCUT2D eigenvalue weighted by Crippen LogP contribution is 2.30. The van der Waals surface area contributed by atoms with Crippen molar-refractivity contribution in [3.05, 3.63) is 29.5 Å². The van der Waals surface area contributed by atoms with Gasteiger partial charge in [0, 0.05) is 29.0 Å². The highest BCUT2D eigenvalue weighted by atomic mass is 79.9. The Morgan fingerprint density at radius 1 is 1.47 bits per heavy atom. The number of alkyl halides is 1. The minimum Gasteiger partial charge on any atom is -0.497 e. The van der Waals surface area contributed by atoms with Crippen molar-refractivity contribution in [3.63, 3.8) is 0 Å². The maximum atomic E-state index is 9.27. The third kappa shape index (κ3) is 1.81. The smallest absolute Gasteiger partial charge is 0.120 e. The van der Waals surface area contributed by atoms with E-state index in [9.17, 15) is 5.26 Å². The number of nitrogens with zero attached hydrogens (tertiary/aromatic N) is 2. The Kier molecular flexibility index (Phi) is 3.39. The van der Waals surface area contributed by atoms with Gasteiger partial charge in [0.15, 0.2) is 0 Å². The number of hydrogen-bond donors (Lipinski definition) is 0. The molecule has 0 atom stereocenters. The molecule has 2 rings (SSSR count). The summed E-state index contributed by atoms with van der Waals surface area (Å²) >= 11 is 3.45. The molecule has 1 aromatic heterocycles. The van der Waals surface area contributed by atoms with Crippen LogP contribution in [0.5, 0.6) is 5.75 Å². The van der Waals surface area contributed by atoms with E-state index in [4.69, 9.17) is 4.74 Å². The van der Waals surface area contributed by atoms with E-state index in [1.54, 1.807) is 7.11 Å². The number of benzene rings is 1. The molecule has 17 heavy (non-hydrogen) atoms. The van der Waals surface area contributed by atoms with E-state index in [-0.39, 0.29) is 0 Å². The number of fused-ring (bicyclic) bond motifs is 1. The fourth-order valence-electron chi connectivity index (χ4n) is 2.13. The van der Waals surface area contributed by atoms with Crippen LogP contribution in [0.1, 0.15) is 18.2 Å². The summed E-state index contributed by atoms with van der Waals surface area (Å²) in [6.45, 7) is 2.92. The Balaban J connectivity index is 2.84. The summed E-state index contributed by atoms with van der Waals surface area (Å²) < 4.78 is 7.37. The number of methoxy groups -OCH3 is 1. The van der Waals surface area contributed by atoms with Crippen LogP contribution in [0.4, 0.5) is 0 Å². The number of ether oxygens (including phenoxy) is 1. The number of aromatic nitrogens is 1. The van der Waals surface area contributed by atoms with Crippen LogP contribution < -0.4 is 4.74 Å². The molecule has 0 bridgehead atoms. The first-order valence-electron chi connectivity index (χ1n) is 5.42. The summed E-state index contributed by atoms with van der Waals surface area (Å²) in [5.41, 5.74) is 2.83. The van der Waals surface area contributed by atoms with Gasteiger partial charge in [-0.05, 0) is 19.1 Å². The third-order valence-corrected chi connectivity index (χ3v) is 3.47. The number of hydrogen-bond acceptors (Lipinski definition) is 2. The fourth-order valence-corrected chi connectivity index (χ4v) is 2.72. The van der Waals surface area contributed by atoms with E-state index in [1.807, 2.05) is 18.2 Å². The van der Waals surface area contributed by atoms with Crippen LogP contribution in [-0.2, 0) is 11.9 Å². The lowest BCUT2D eigenvalue weighted by molar-refractivity contribution is 0.415. The van der Waals surface area contributed by atoms with Crippen LogP contribution in [0, 0.1) is 11.3 Å². The Hall–Kier alpha value is -1.47. The van der Waals surface area contributed by atoms with Crippen molar-refractivity contribution in [2.45, 2.75) is 18.8 Å². The number of rotatable bonds is 3. The monoisotopic (exact) mass is 292 g/mol. The molecule has 0 unspecified atom stereocenters. The molecule has 4 heteroatoms. The first kappa shape index (κ1) is 12.0. The molecule has 0 radical (unpaired) electrons. The normalized spacial score (nSPS) is 10.5. The average Bonchev–Trinajstić information content (AvgIpc) is 2.69. The van der Waals surface area contributed by atoms with Gasteiger partial charge in [0.05, 0.1) is 18.2 Å². The SMILES string of the molecule is CCn1c(CBr)c(C#N)c2ccc(OC)cc21. The van der Waals surface area contributed by atoms with Crippen LogP contribution in [-0.4, -0.2) is 11.7 Å². The minimum absolute atomic E-state index is 0.681. The summed E-state index contributed by atoms with van der Waals surface area (Å²) in [5.74, 6) is 0.815. The first-order valence-corrected chi connectivity index (χ1v) is 6.54. The molecule has 0 aliphatic heterocycles. The predicted molar refractivity (Wildman–Crippen MR) is 71.5 cm³/mol. The summed E-state index contributed by atoms with van der Waals surface area (Å²) in [6.07, 6.45) is 0. The highest BCUT2D eigenvalue weighted by molar-refractivity contribution is 9.08. The van der Waals surface area contributed by atoms with Crippen molar-refractivity contribution < 1.29 is 4.74 Å². The topological polar surface area (TPSA) is 38.0 Å². The van der Waals surface area contributed by atoms with Gasteiger partial charge in [-0.15, -0.1) is 0 Å². The van der Waals surface area contributed by atoms with Crippen molar-refractivity contribution >= 4 is 26.8 Å². The molecule has 0 amide bonds. The van der Waals surface area contributed by atoms with Gasteiger partial charge in [-0.2, -0.15) is 5.26 Å². The van der Waals surface area contributed by atoms with Crippen LogP contribution in [0.2, 0.25) is 0 Å². The predicted octanol–water partition coefficient (Wildman–Crippen LogP) is 3.44. The molecule has 3 nitrogen and oxygen atoms in total. The number of halogens is 1. The van der Waals surface area contributed by atoms with Gasteiger partial charge >= 0.3 is 0 Å². The van der Waals surface area contributed by atoms with E-state index in [1.165, 1.54) is 0 Å². The maximum absolute atomic E-state index is 9.27. The zero-order valence-corrected chi connectivity index (χ0v) is 11.4. The summed E-state index contributed by atoms with van der Waals surface area (Å²) in [5, 5.41) is 10.9. The molecule has 1 aromatic carbocycles. The molecule has 0 aliphatic rings. The lowest BCUT2D eigenvalue weighted by Gasteiger charge is -2.06. The fraction of sp³-hybridized carbons (Fsp3) is 0.308. The standard InChI is InChI=1S/C13H13BrN2O/c1-3-16-12-6-9(17-2)4-5-10(12)11(8-15)13(16)7-14/h4-6H,3,7H2,1-2H3. The maximum Gasteiger partial charge on any atom is 0.120 e. The Morgan fingerprint density at radius 2 is 2.24 bits per heavy atom. The van der Waals surface area contributed by atoms with Crippen molar-refractivity contribution in [1.82, 2.24) is 4.57 Å². The van der Waals surface area contributed by atoms with Gasteiger partial charge in [0.1, 0.15) is 11.8 Å². The molecule has 2 aromatic rings. The van der Waals surface area contributed by atoms with E-state index in [2.05, 4.69) is 33.5 Å². The van der Waals surface area contributed by atoms with E-state index in [0.717, 1.165) is 34.5 Å². The molecule has 0 spiro atoms. The van der Waals surface area contributed by atoms with Crippen LogP contribution >= 0.6 is 15.9 Å². The van der Waals surface area contributed by atoms with Gasteiger partial charge < -0.3 is 9.30 Å². The van der Waals surface area contributed by atoms with E-state index in [0.29, 0.717) is 5.33 Å². The van der Waals surface area contributed by atoms with Gasteiger partial charge in [0.2, 0.25) is 0 Å². The Bertz CT molecular complexity index is 595. The molecule has 88 valence electrons. The first-order chi connectivity index (χ1) is 8.26. The molecular weight excluding hydrogens is 280 g/mol. The van der Waals surface area contributed by atoms with Crippen LogP contribution in [0.25, 0.3) is 10.9 Å². The summed E-state index contributed by atoms with van der Waals surface area (Å²) in [7, 11) is 1.65. The molecule has 0 aliphatic carbocycles. The molecule has 0 N–H and O–H groups in total. The van der Waals surface area contributed by atoms with Crippen molar-refractivity contribution in [2.24, 2.45) is 0 Å². The number of aryl methyl sites for hydroxylation is 1. The number of nitriles is 1. The quantitative estimate of drug-likeness (QED) is 0.813. The van der Waals surface area contributed by atoms with Crippen molar-refractivity contribution in [3.8, 4) is 11.8 Å². The van der Waals surface area contributed by atoms with Gasteiger partial charge in [-0.25, -0.2) is 0 Å². The van der Waals surface area contributed by atoms with Gasteiger partial charge in [-0.3, -0.25) is 0 Å². The average molecular weight is 293 g/mol. The minimum atomic E-state index is 0.681. The molecule has 1 heterocycles. The Labute approximate surface area is 109 Å². The molecule has 0 saturated heterocycles. The van der Waals surface area contributed by atoms with Crippen LogP contribution in [0.15, 0.2) is 18.2 Å². The lowest BCUT2D eigenvalue weighted by Crippen LogP contribution is -1.99. The van der Waals surface area contributed by atoms with Crippen molar-refractivity contribution in [2.75, 3.05) is 7.11 Å². The largest absolute Gasteiger partial charge is 0.497 e. The zero-order chi connectivity index (χ0) is 12.4. The second-order valence-corrected chi connectivity index (χ2v) is 4.26. The van der Waals surface area contributed by atoms with Crippen LogP contribution in [0.3, 0.4) is 0 Å².